The minimum absolute atomic E-state index is 0.231. The molecule has 1 heterocycles. The summed E-state index contributed by atoms with van der Waals surface area (Å²) < 4.78 is 18.3. The SMILES string of the molecule is CC(C)CNc1oc(/C=C/c2ccc(F)cc2)nc1C#N. The lowest BCUT2D eigenvalue weighted by Gasteiger charge is -2.04. The van der Waals surface area contributed by atoms with Crippen molar-refractivity contribution >= 4 is 18.0 Å². The van der Waals surface area contributed by atoms with E-state index < -0.39 is 0 Å². The third-order valence-corrected chi connectivity index (χ3v) is 2.71. The fraction of sp³-hybridized carbons (Fsp3) is 0.250. The Balaban J connectivity index is 2.13. The summed E-state index contributed by atoms with van der Waals surface area (Å²) in [6, 6.07) is 8.06. The van der Waals surface area contributed by atoms with Crippen LogP contribution in [0.15, 0.2) is 28.7 Å². The van der Waals surface area contributed by atoms with Crippen molar-refractivity contribution in [3.63, 3.8) is 0 Å². The van der Waals surface area contributed by atoms with Crippen LogP contribution in [0.2, 0.25) is 0 Å². The van der Waals surface area contributed by atoms with Crippen molar-refractivity contribution in [3.05, 3.63) is 47.2 Å². The molecular formula is C16H16FN3O. The van der Waals surface area contributed by atoms with Gasteiger partial charge in [-0.2, -0.15) is 10.2 Å². The van der Waals surface area contributed by atoms with E-state index in [-0.39, 0.29) is 11.5 Å². The van der Waals surface area contributed by atoms with Crippen LogP contribution in [0.5, 0.6) is 0 Å². The molecule has 0 saturated heterocycles. The van der Waals surface area contributed by atoms with Gasteiger partial charge in [-0.3, -0.25) is 0 Å². The van der Waals surface area contributed by atoms with Crippen LogP contribution >= 0.6 is 0 Å². The molecule has 1 N–H and O–H groups in total. The molecule has 108 valence electrons. The van der Waals surface area contributed by atoms with Crippen LogP contribution in [0.25, 0.3) is 12.2 Å². The van der Waals surface area contributed by atoms with Crippen molar-refractivity contribution in [1.82, 2.24) is 4.98 Å². The average molecular weight is 285 g/mol. The van der Waals surface area contributed by atoms with Crippen molar-refractivity contribution < 1.29 is 8.81 Å². The largest absolute Gasteiger partial charge is 0.420 e. The number of hydrogen-bond acceptors (Lipinski definition) is 4. The predicted octanol–water partition coefficient (Wildman–Crippen LogP) is 3.92. The first-order valence-corrected chi connectivity index (χ1v) is 6.67. The fourth-order valence-electron chi connectivity index (χ4n) is 1.64. The monoisotopic (exact) mass is 285 g/mol. The zero-order valence-corrected chi connectivity index (χ0v) is 11.9. The van der Waals surface area contributed by atoms with Crippen LogP contribution in [-0.2, 0) is 0 Å². The smallest absolute Gasteiger partial charge is 0.232 e. The van der Waals surface area contributed by atoms with Gasteiger partial charge in [0.15, 0.2) is 0 Å². The second kappa shape index (κ2) is 6.71. The normalized spacial score (nSPS) is 11.0. The van der Waals surface area contributed by atoms with Crippen LogP contribution in [-0.4, -0.2) is 11.5 Å². The Morgan fingerprint density at radius 1 is 1.33 bits per heavy atom. The molecule has 1 aromatic carbocycles. The quantitative estimate of drug-likeness (QED) is 0.904. The average Bonchev–Trinajstić information content (AvgIpc) is 2.87. The van der Waals surface area contributed by atoms with Gasteiger partial charge < -0.3 is 9.73 Å². The summed E-state index contributed by atoms with van der Waals surface area (Å²) in [4.78, 5) is 4.09. The second-order valence-electron chi connectivity index (χ2n) is 5.00. The molecule has 4 nitrogen and oxygen atoms in total. The zero-order valence-electron chi connectivity index (χ0n) is 11.9. The molecule has 2 rings (SSSR count). The first kappa shape index (κ1) is 14.8. The maximum absolute atomic E-state index is 12.8. The van der Waals surface area contributed by atoms with Gasteiger partial charge in [0.2, 0.25) is 17.5 Å². The molecule has 0 spiro atoms. The zero-order chi connectivity index (χ0) is 15.2. The third kappa shape index (κ3) is 4.18. The summed E-state index contributed by atoms with van der Waals surface area (Å²) in [5.41, 5.74) is 1.05. The van der Waals surface area contributed by atoms with Gasteiger partial charge in [0.1, 0.15) is 11.9 Å². The highest BCUT2D eigenvalue weighted by molar-refractivity contribution is 5.67. The number of aromatic nitrogens is 1. The van der Waals surface area contributed by atoms with Gasteiger partial charge in [-0.15, -0.1) is 0 Å². The maximum Gasteiger partial charge on any atom is 0.232 e. The van der Waals surface area contributed by atoms with Crippen molar-refractivity contribution in [2.24, 2.45) is 5.92 Å². The summed E-state index contributed by atoms with van der Waals surface area (Å²) in [5, 5.41) is 12.1. The Hall–Kier alpha value is -2.61. The third-order valence-electron chi connectivity index (χ3n) is 2.71. The minimum atomic E-state index is -0.282. The van der Waals surface area contributed by atoms with E-state index in [0.29, 0.717) is 24.2 Å². The highest BCUT2D eigenvalue weighted by Gasteiger charge is 2.11. The summed E-state index contributed by atoms with van der Waals surface area (Å²) in [7, 11) is 0. The Morgan fingerprint density at radius 3 is 2.67 bits per heavy atom. The van der Waals surface area contributed by atoms with Crippen molar-refractivity contribution in [3.8, 4) is 6.07 Å². The van der Waals surface area contributed by atoms with Gasteiger partial charge in [-0.25, -0.2) is 4.39 Å². The van der Waals surface area contributed by atoms with Gasteiger partial charge in [0.05, 0.1) is 0 Å². The van der Waals surface area contributed by atoms with Crippen LogP contribution in [0.4, 0.5) is 10.3 Å². The first-order valence-electron chi connectivity index (χ1n) is 6.67. The molecule has 0 aliphatic rings. The molecule has 0 radical (unpaired) electrons. The van der Waals surface area contributed by atoms with Crippen LogP contribution in [0.3, 0.4) is 0 Å². The molecular weight excluding hydrogens is 269 g/mol. The molecule has 0 saturated carbocycles. The molecule has 2 aromatic rings. The summed E-state index contributed by atoms with van der Waals surface area (Å²) in [6.07, 6.45) is 3.40. The molecule has 1 aromatic heterocycles. The summed E-state index contributed by atoms with van der Waals surface area (Å²) in [5.74, 6) is 0.863. The Kier molecular flexibility index (Phi) is 4.72. The number of hydrogen-bond donors (Lipinski definition) is 1. The highest BCUT2D eigenvalue weighted by atomic mass is 19.1. The Bertz CT molecular complexity index is 666. The van der Waals surface area contributed by atoms with Crippen LogP contribution < -0.4 is 5.32 Å². The summed E-state index contributed by atoms with van der Waals surface area (Å²) in [6.45, 7) is 4.82. The van der Waals surface area contributed by atoms with E-state index in [1.807, 2.05) is 6.07 Å². The van der Waals surface area contributed by atoms with E-state index in [4.69, 9.17) is 9.68 Å². The maximum atomic E-state index is 12.8. The topological polar surface area (TPSA) is 61.9 Å². The molecule has 0 aliphatic carbocycles. The number of rotatable bonds is 5. The number of oxazole rings is 1. The van der Waals surface area contributed by atoms with E-state index in [0.717, 1.165) is 5.56 Å². The predicted molar refractivity (Wildman–Crippen MR) is 79.9 cm³/mol. The van der Waals surface area contributed by atoms with Gasteiger partial charge in [-0.1, -0.05) is 26.0 Å². The van der Waals surface area contributed by atoms with Crippen molar-refractivity contribution in [2.75, 3.05) is 11.9 Å². The number of nitriles is 1. The number of nitrogens with zero attached hydrogens (tertiary/aromatic N) is 2. The molecule has 0 aliphatic heterocycles. The molecule has 0 atom stereocenters. The molecule has 5 heteroatoms. The minimum Gasteiger partial charge on any atom is -0.420 e. The van der Waals surface area contributed by atoms with Gasteiger partial charge in [0.25, 0.3) is 0 Å². The molecule has 0 unspecified atom stereocenters. The standard InChI is InChI=1S/C16H16FN3O/c1-11(2)10-19-16-14(9-18)20-15(21-16)8-5-12-3-6-13(17)7-4-12/h3-8,11,19H,10H2,1-2H3/b8-5+. The Labute approximate surface area is 122 Å². The van der Waals surface area contributed by atoms with E-state index in [2.05, 4.69) is 24.1 Å². The Morgan fingerprint density at radius 2 is 2.05 bits per heavy atom. The van der Waals surface area contributed by atoms with E-state index in [1.54, 1.807) is 24.3 Å². The van der Waals surface area contributed by atoms with Crippen LogP contribution in [0, 0.1) is 23.1 Å². The number of halogens is 1. The second-order valence-corrected chi connectivity index (χ2v) is 5.00. The van der Waals surface area contributed by atoms with E-state index >= 15 is 0 Å². The fourth-order valence-corrected chi connectivity index (χ4v) is 1.64. The molecule has 21 heavy (non-hydrogen) atoms. The van der Waals surface area contributed by atoms with E-state index in [1.165, 1.54) is 12.1 Å². The molecule has 0 bridgehead atoms. The van der Waals surface area contributed by atoms with Crippen molar-refractivity contribution in [2.45, 2.75) is 13.8 Å². The van der Waals surface area contributed by atoms with Gasteiger partial charge in [-0.05, 0) is 29.7 Å². The van der Waals surface area contributed by atoms with E-state index in [9.17, 15) is 4.39 Å². The lowest BCUT2D eigenvalue weighted by atomic mass is 10.2. The molecule has 0 amide bonds. The lowest BCUT2D eigenvalue weighted by Crippen LogP contribution is -2.08. The summed E-state index contributed by atoms with van der Waals surface area (Å²) >= 11 is 0. The highest BCUT2D eigenvalue weighted by Crippen LogP contribution is 2.18. The van der Waals surface area contributed by atoms with Gasteiger partial charge in [0, 0.05) is 12.6 Å². The van der Waals surface area contributed by atoms with Gasteiger partial charge >= 0.3 is 0 Å². The number of benzene rings is 1. The van der Waals surface area contributed by atoms with Crippen LogP contribution in [0.1, 0.15) is 31.0 Å². The van der Waals surface area contributed by atoms with Crippen molar-refractivity contribution in [1.29, 1.82) is 5.26 Å². The lowest BCUT2D eigenvalue weighted by molar-refractivity contribution is 0.550. The first-order chi connectivity index (χ1) is 10.1. The number of anilines is 1. The molecule has 0 fully saturated rings. The number of nitrogens with one attached hydrogen (secondary N) is 1.